The highest BCUT2D eigenvalue weighted by Crippen LogP contribution is 2.34. The molecule has 3 aromatic rings. The number of likely N-dealkylation sites (tertiary alicyclic amines) is 1. The smallest absolute Gasteiger partial charge is 0.266 e. The maximum absolute atomic E-state index is 13.3. The first-order chi connectivity index (χ1) is 17.2. The Morgan fingerprint density at radius 1 is 1.22 bits per heavy atom. The molecule has 2 heterocycles. The molecule has 0 saturated carbocycles. The van der Waals surface area contributed by atoms with Crippen molar-refractivity contribution in [2.24, 2.45) is 11.7 Å². The summed E-state index contributed by atoms with van der Waals surface area (Å²) in [5, 5.41) is 12.4. The fourth-order valence-corrected chi connectivity index (χ4v) is 5.18. The number of anilines is 1. The number of carbonyl (C=O) groups excluding carboxylic acids is 3. The van der Waals surface area contributed by atoms with Crippen LogP contribution in [0, 0.1) is 5.92 Å². The summed E-state index contributed by atoms with van der Waals surface area (Å²) in [5.41, 5.74) is 8.28. The SMILES string of the molecule is CC(C)CC(C(=O)NO)N1CCC(N)(c2ccc(OCC(=O)Nc3nc4ccccc4s3)cc2)C1=O. The molecule has 2 aromatic carbocycles. The third-order valence-corrected chi connectivity index (χ3v) is 7.10. The standard InChI is InChI=1S/C25H29N5O5S/c1-15(2)13-19(22(32)29-34)30-12-11-25(26,23(30)33)16-7-9-17(10-8-16)35-14-21(31)28-24-27-18-5-3-4-6-20(18)36-24/h3-10,15,19,34H,11-14,26H2,1-2H3,(H,29,32)(H,27,28,31). The highest BCUT2D eigenvalue weighted by atomic mass is 32.1. The summed E-state index contributed by atoms with van der Waals surface area (Å²) in [6.45, 7) is 3.96. The number of rotatable bonds is 9. The van der Waals surface area contributed by atoms with E-state index in [4.69, 9.17) is 15.7 Å². The highest BCUT2D eigenvalue weighted by molar-refractivity contribution is 7.22. The number of fused-ring (bicyclic) bond motifs is 1. The Labute approximate surface area is 212 Å². The summed E-state index contributed by atoms with van der Waals surface area (Å²) in [4.78, 5) is 43.6. The summed E-state index contributed by atoms with van der Waals surface area (Å²) in [6, 6.07) is 13.5. The minimum atomic E-state index is -1.30. The number of benzene rings is 2. The van der Waals surface area contributed by atoms with Crippen LogP contribution in [0.15, 0.2) is 48.5 Å². The molecule has 1 aliphatic rings. The van der Waals surface area contributed by atoms with E-state index in [1.54, 1.807) is 29.7 Å². The van der Waals surface area contributed by atoms with Crippen LogP contribution in [-0.2, 0) is 19.9 Å². The molecule has 1 aliphatic heterocycles. The first-order valence-corrected chi connectivity index (χ1v) is 12.5. The van der Waals surface area contributed by atoms with Gasteiger partial charge in [0.1, 0.15) is 17.3 Å². The number of hydroxylamine groups is 1. The molecule has 5 N–H and O–H groups in total. The number of para-hydroxylation sites is 1. The predicted molar refractivity (Wildman–Crippen MR) is 136 cm³/mol. The third-order valence-electron chi connectivity index (χ3n) is 6.15. The third kappa shape index (κ3) is 5.32. The van der Waals surface area contributed by atoms with Gasteiger partial charge >= 0.3 is 0 Å². The minimum Gasteiger partial charge on any atom is -0.484 e. The van der Waals surface area contributed by atoms with Crippen LogP contribution in [-0.4, -0.2) is 52.0 Å². The van der Waals surface area contributed by atoms with Crippen molar-refractivity contribution in [1.29, 1.82) is 0 Å². The monoisotopic (exact) mass is 511 g/mol. The quantitative estimate of drug-likeness (QED) is 0.255. The number of hydrogen-bond donors (Lipinski definition) is 4. The Kier molecular flexibility index (Phi) is 7.53. The number of carbonyl (C=O) groups is 3. The van der Waals surface area contributed by atoms with Gasteiger partial charge in [-0.05, 0) is 48.6 Å². The Balaban J connectivity index is 1.37. The maximum atomic E-state index is 13.3. The van der Waals surface area contributed by atoms with Crippen molar-refractivity contribution in [3.63, 3.8) is 0 Å². The van der Waals surface area contributed by atoms with E-state index in [1.165, 1.54) is 16.2 Å². The first kappa shape index (κ1) is 25.5. The maximum Gasteiger partial charge on any atom is 0.266 e. The van der Waals surface area contributed by atoms with Gasteiger partial charge in [0.25, 0.3) is 11.8 Å². The lowest BCUT2D eigenvalue weighted by Crippen LogP contribution is -2.52. The van der Waals surface area contributed by atoms with Gasteiger partial charge in [0, 0.05) is 6.54 Å². The second kappa shape index (κ2) is 10.6. The largest absolute Gasteiger partial charge is 0.484 e. The molecule has 2 atom stereocenters. The molecular weight excluding hydrogens is 482 g/mol. The van der Waals surface area contributed by atoms with Crippen LogP contribution in [0.5, 0.6) is 5.75 Å². The zero-order chi connectivity index (χ0) is 25.9. The number of amides is 3. The van der Waals surface area contributed by atoms with Crippen molar-refractivity contribution in [1.82, 2.24) is 15.4 Å². The molecule has 0 bridgehead atoms. The van der Waals surface area contributed by atoms with Gasteiger partial charge in [-0.1, -0.05) is 49.4 Å². The van der Waals surface area contributed by atoms with Crippen molar-refractivity contribution >= 4 is 44.4 Å². The van der Waals surface area contributed by atoms with E-state index in [2.05, 4.69) is 10.3 Å². The zero-order valence-corrected chi connectivity index (χ0v) is 20.9. The number of nitrogens with one attached hydrogen (secondary N) is 2. The van der Waals surface area contributed by atoms with Crippen LogP contribution in [0.1, 0.15) is 32.3 Å². The van der Waals surface area contributed by atoms with Gasteiger partial charge in [0.15, 0.2) is 11.7 Å². The Bertz CT molecular complexity index is 1230. The van der Waals surface area contributed by atoms with Gasteiger partial charge in [-0.25, -0.2) is 10.5 Å². The van der Waals surface area contributed by atoms with Gasteiger partial charge in [-0.15, -0.1) is 0 Å². The molecule has 1 aromatic heterocycles. The molecule has 36 heavy (non-hydrogen) atoms. The lowest BCUT2D eigenvalue weighted by Gasteiger charge is -2.30. The summed E-state index contributed by atoms with van der Waals surface area (Å²) in [6.07, 6.45) is 0.726. The Morgan fingerprint density at radius 3 is 2.61 bits per heavy atom. The first-order valence-electron chi connectivity index (χ1n) is 11.6. The van der Waals surface area contributed by atoms with Crippen molar-refractivity contribution in [2.45, 2.75) is 38.3 Å². The van der Waals surface area contributed by atoms with Crippen molar-refractivity contribution in [3.8, 4) is 5.75 Å². The molecule has 1 saturated heterocycles. The molecule has 4 rings (SSSR count). The lowest BCUT2D eigenvalue weighted by molar-refractivity contribution is -0.144. The van der Waals surface area contributed by atoms with Crippen molar-refractivity contribution < 1.29 is 24.3 Å². The second-order valence-corrected chi connectivity index (χ2v) is 10.2. The van der Waals surface area contributed by atoms with Gasteiger partial charge in [-0.2, -0.15) is 0 Å². The molecule has 2 unspecified atom stereocenters. The number of hydrogen-bond acceptors (Lipinski definition) is 8. The summed E-state index contributed by atoms with van der Waals surface area (Å²) >= 11 is 1.38. The second-order valence-electron chi connectivity index (χ2n) is 9.19. The van der Waals surface area contributed by atoms with Gasteiger partial charge in [0.2, 0.25) is 5.91 Å². The predicted octanol–water partition coefficient (Wildman–Crippen LogP) is 2.62. The molecule has 3 amide bonds. The molecule has 0 spiro atoms. The number of nitrogens with zero attached hydrogens (tertiary/aromatic N) is 2. The van der Waals surface area contributed by atoms with E-state index in [0.29, 0.717) is 35.8 Å². The van der Waals surface area contributed by atoms with Crippen LogP contribution in [0.25, 0.3) is 10.2 Å². The van der Waals surface area contributed by atoms with Crippen LogP contribution >= 0.6 is 11.3 Å². The lowest BCUT2D eigenvalue weighted by atomic mass is 9.89. The number of thiazole rings is 1. The molecular formula is C25H29N5O5S. The van der Waals surface area contributed by atoms with E-state index in [1.807, 2.05) is 38.1 Å². The van der Waals surface area contributed by atoms with Crippen molar-refractivity contribution in [2.75, 3.05) is 18.5 Å². The highest BCUT2D eigenvalue weighted by Gasteiger charge is 2.48. The number of ether oxygens (including phenoxy) is 1. The molecule has 1 fully saturated rings. The average Bonchev–Trinajstić information content (AvgIpc) is 3.41. The van der Waals surface area contributed by atoms with E-state index in [9.17, 15) is 14.4 Å². The van der Waals surface area contributed by atoms with Crippen LogP contribution in [0.3, 0.4) is 0 Å². The summed E-state index contributed by atoms with van der Waals surface area (Å²) in [5.74, 6) is -0.763. The molecule has 190 valence electrons. The fraction of sp³-hybridized carbons (Fsp3) is 0.360. The van der Waals surface area contributed by atoms with Crippen LogP contribution in [0.4, 0.5) is 5.13 Å². The van der Waals surface area contributed by atoms with Gasteiger partial charge in [0.05, 0.1) is 10.2 Å². The summed E-state index contributed by atoms with van der Waals surface area (Å²) < 4.78 is 6.57. The molecule has 0 aliphatic carbocycles. The molecule has 10 nitrogen and oxygen atoms in total. The van der Waals surface area contributed by atoms with Crippen molar-refractivity contribution in [3.05, 3.63) is 54.1 Å². The zero-order valence-electron chi connectivity index (χ0n) is 20.1. The Hall–Kier alpha value is -3.54. The van der Waals surface area contributed by atoms with Gasteiger partial charge in [-0.3, -0.25) is 24.9 Å². The van der Waals surface area contributed by atoms with E-state index in [-0.39, 0.29) is 24.3 Å². The summed E-state index contributed by atoms with van der Waals surface area (Å²) in [7, 11) is 0. The molecule has 0 radical (unpaired) electrons. The average molecular weight is 512 g/mol. The van der Waals surface area contributed by atoms with Crippen LogP contribution in [0.2, 0.25) is 0 Å². The fourth-order valence-electron chi connectivity index (χ4n) is 4.30. The molecule has 11 heteroatoms. The normalized spacial score (nSPS) is 18.5. The minimum absolute atomic E-state index is 0.135. The van der Waals surface area contributed by atoms with Gasteiger partial charge < -0.3 is 15.4 Å². The Morgan fingerprint density at radius 2 is 1.94 bits per heavy atom. The number of aromatic nitrogens is 1. The topological polar surface area (TPSA) is 147 Å². The van der Waals surface area contributed by atoms with E-state index >= 15 is 0 Å². The number of nitrogens with two attached hydrogens (primary N) is 1. The van der Waals surface area contributed by atoms with E-state index < -0.39 is 17.5 Å². The van der Waals surface area contributed by atoms with E-state index in [0.717, 1.165) is 10.2 Å². The van der Waals surface area contributed by atoms with Crippen LogP contribution < -0.4 is 21.3 Å².